The Labute approximate surface area is 124 Å². The third-order valence-electron chi connectivity index (χ3n) is 4.92. The fourth-order valence-corrected chi connectivity index (χ4v) is 3.72. The smallest absolute Gasteiger partial charge is 0.0630 e. The maximum absolute atomic E-state index is 4.83. The molecule has 2 rings (SSSR count). The molecule has 1 fully saturated rings. The standard InChI is InChI=1S/C17H31N3/c1-5-16(6-2)20-11-9-15(19-20)13-17(4)10-8-14(12-17)18-7-3/h9,11,14,16,18H,5-8,10,12-13H2,1-4H3. The van der Waals surface area contributed by atoms with Gasteiger partial charge in [-0.1, -0.05) is 27.7 Å². The second-order valence-corrected chi connectivity index (χ2v) is 6.74. The summed E-state index contributed by atoms with van der Waals surface area (Å²) < 4.78 is 2.18. The summed E-state index contributed by atoms with van der Waals surface area (Å²) in [7, 11) is 0. The van der Waals surface area contributed by atoms with Gasteiger partial charge in [0.1, 0.15) is 0 Å². The molecule has 1 aromatic rings. The zero-order valence-electron chi connectivity index (χ0n) is 13.7. The van der Waals surface area contributed by atoms with E-state index in [4.69, 9.17) is 5.10 Å². The minimum atomic E-state index is 0.431. The van der Waals surface area contributed by atoms with Crippen LogP contribution in [0, 0.1) is 5.41 Å². The van der Waals surface area contributed by atoms with Gasteiger partial charge >= 0.3 is 0 Å². The Morgan fingerprint density at radius 1 is 1.40 bits per heavy atom. The first-order valence-corrected chi connectivity index (χ1v) is 8.37. The molecule has 1 aliphatic rings. The monoisotopic (exact) mass is 277 g/mol. The molecule has 0 aliphatic heterocycles. The van der Waals surface area contributed by atoms with Gasteiger partial charge in [-0.2, -0.15) is 5.10 Å². The summed E-state index contributed by atoms with van der Waals surface area (Å²) in [6.45, 7) is 10.2. The van der Waals surface area contributed by atoms with Crippen LogP contribution in [-0.4, -0.2) is 22.4 Å². The molecule has 20 heavy (non-hydrogen) atoms. The van der Waals surface area contributed by atoms with Crippen LogP contribution in [0.15, 0.2) is 12.3 Å². The van der Waals surface area contributed by atoms with E-state index in [1.165, 1.54) is 25.0 Å². The summed E-state index contributed by atoms with van der Waals surface area (Å²) in [5, 5.41) is 8.43. The van der Waals surface area contributed by atoms with E-state index in [0.717, 1.165) is 25.8 Å². The van der Waals surface area contributed by atoms with Crippen molar-refractivity contribution in [2.24, 2.45) is 5.41 Å². The average Bonchev–Trinajstić information content (AvgIpc) is 3.00. The summed E-state index contributed by atoms with van der Waals surface area (Å²) in [4.78, 5) is 0. The van der Waals surface area contributed by atoms with Crippen LogP contribution in [0.4, 0.5) is 0 Å². The fourth-order valence-electron chi connectivity index (χ4n) is 3.72. The van der Waals surface area contributed by atoms with E-state index < -0.39 is 0 Å². The van der Waals surface area contributed by atoms with Gasteiger partial charge in [-0.15, -0.1) is 0 Å². The lowest BCUT2D eigenvalue weighted by atomic mass is 9.83. The molecule has 3 heteroatoms. The van der Waals surface area contributed by atoms with Crippen molar-refractivity contribution in [1.82, 2.24) is 15.1 Å². The number of nitrogens with zero attached hydrogens (tertiary/aromatic N) is 2. The summed E-state index contributed by atoms with van der Waals surface area (Å²) in [6, 6.07) is 3.50. The highest BCUT2D eigenvalue weighted by molar-refractivity contribution is 5.05. The van der Waals surface area contributed by atoms with Crippen LogP contribution in [0.1, 0.15) is 71.5 Å². The second kappa shape index (κ2) is 6.75. The maximum Gasteiger partial charge on any atom is 0.0630 e. The Morgan fingerprint density at radius 2 is 2.15 bits per heavy atom. The zero-order valence-corrected chi connectivity index (χ0v) is 13.7. The molecule has 114 valence electrons. The molecule has 0 spiro atoms. The van der Waals surface area contributed by atoms with Crippen molar-refractivity contribution < 1.29 is 0 Å². The van der Waals surface area contributed by atoms with Crippen molar-refractivity contribution in [1.29, 1.82) is 0 Å². The molecule has 1 saturated carbocycles. The highest BCUT2D eigenvalue weighted by Gasteiger charge is 2.35. The van der Waals surface area contributed by atoms with E-state index in [1.54, 1.807) is 0 Å². The molecule has 0 saturated heterocycles. The molecule has 1 N–H and O–H groups in total. The quantitative estimate of drug-likeness (QED) is 0.817. The molecule has 0 bridgehead atoms. The first-order valence-electron chi connectivity index (χ1n) is 8.37. The Hall–Kier alpha value is -0.830. The normalized spacial score (nSPS) is 26.6. The third-order valence-corrected chi connectivity index (χ3v) is 4.92. The van der Waals surface area contributed by atoms with Gasteiger partial charge < -0.3 is 5.32 Å². The number of hydrogen-bond acceptors (Lipinski definition) is 2. The molecule has 1 aromatic heterocycles. The lowest BCUT2D eigenvalue weighted by Gasteiger charge is -2.23. The van der Waals surface area contributed by atoms with Crippen LogP contribution in [0.3, 0.4) is 0 Å². The lowest BCUT2D eigenvalue weighted by Crippen LogP contribution is -2.28. The van der Waals surface area contributed by atoms with Gasteiger partial charge in [0.25, 0.3) is 0 Å². The highest BCUT2D eigenvalue weighted by Crippen LogP contribution is 2.40. The van der Waals surface area contributed by atoms with E-state index in [1.807, 2.05) is 0 Å². The van der Waals surface area contributed by atoms with Crippen LogP contribution in [0.2, 0.25) is 0 Å². The van der Waals surface area contributed by atoms with Gasteiger partial charge in [0.2, 0.25) is 0 Å². The topological polar surface area (TPSA) is 29.9 Å². The van der Waals surface area contributed by atoms with Gasteiger partial charge in [0.15, 0.2) is 0 Å². The molecule has 2 unspecified atom stereocenters. The van der Waals surface area contributed by atoms with Crippen molar-refractivity contribution in [3.05, 3.63) is 18.0 Å². The predicted molar refractivity (Wildman–Crippen MR) is 85.0 cm³/mol. The Kier molecular flexibility index (Phi) is 5.25. The summed E-state index contributed by atoms with van der Waals surface area (Å²) in [5.74, 6) is 0. The van der Waals surface area contributed by atoms with Crippen molar-refractivity contribution >= 4 is 0 Å². The van der Waals surface area contributed by atoms with Gasteiger partial charge in [0, 0.05) is 12.2 Å². The minimum Gasteiger partial charge on any atom is -0.314 e. The number of nitrogens with one attached hydrogen (secondary N) is 1. The molecule has 0 amide bonds. The third kappa shape index (κ3) is 3.63. The van der Waals surface area contributed by atoms with Crippen molar-refractivity contribution in [3.8, 4) is 0 Å². The lowest BCUT2D eigenvalue weighted by molar-refractivity contribution is 0.316. The van der Waals surface area contributed by atoms with Crippen LogP contribution < -0.4 is 5.32 Å². The van der Waals surface area contributed by atoms with E-state index in [-0.39, 0.29) is 0 Å². The second-order valence-electron chi connectivity index (χ2n) is 6.74. The SMILES string of the molecule is CCNC1CCC(C)(Cc2ccn(C(CC)CC)n2)C1. The minimum absolute atomic E-state index is 0.431. The van der Waals surface area contributed by atoms with Crippen molar-refractivity contribution in [2.75, 3.05) is 6.54 Å². The van der Waals surface area contributed by atoms with Crippen LogP contribution >= 0.6 is 0 Å². The summed E-state index contributed by atoms with van der Waals surface area (Å²) in [6.07, 6.45) is 9.56. The Balaban J connectivity index is 1.96. The molecule has 1 heterocycles. The molecule has 3 nitrogen and oxygen atoms in total. The van der Waals surface area contributed by atoms with Gasteiger partial charge in [-0.25, -0.2) is 0 Å². The first-order chi connectivity index (χ1) is 9.60. The first kappa shape index (κ1) is 15.6. The predicted octanol–water partition coefficient (Wildman–Crippen LogP) is 3.96. The van der Waals surface area contributed by atoms with Crippen LogP contribution in [-0.2, 0) is 6.42 Å². The molecule has 2 atom stereocenters. The zero-order chi connectivity index (χ0) is 14.6. The number of hydrogen-bond donors (Lipinski definition) is 1. The van der Waals surface area contributed by atoms with Gasteiger partial charge in [-0.3, -0.25) is 4.68 Å². The largest absolute Gasteiger partial charge is 0.314 e. The summed E-state index contributed by atoms with van der Waals surface area (Å²) in [5.41, 5.74) is 1.71. The maximum atomic E-state index is 4.83. The average molecular weight is 277 g/mol. The molecule has 1 aliphatic carbocycles. The molecule has 0 aromatic carbocycles. The summed E-state index contributed by atoms with van der Waals surface area (Å²) >= 11 is 0. The number of aromatic nitrogens is 2. The highest BCUT2D eigenvalue weighted by atomic mass is 15.3. The van der Waals surface area contributed by atoms with E-state index in [2.05, 4.69) is 50.0 Å². The molecular formula is C17H31N3. The van der Waals surface area contributed by atoms with Crippen LogP contribution in [0.25, 0.3) is 0 Å². The van der Waals surface area contributed by atoms with Crippen LogP contribution in [0.5, 0.6) is 0 Å². The van der Waals surface area contributed by atoms with Crippen molar-refractivity contribution in [2.45, 2.75) is 78.3 Å². The van der Waals surface area contributed by atoms with E-state index in [9.17, 15) is 0 Å². The van der Waals surface area contributed by atoms with E-state index in [0.29, 0.717) is 17.5 Å². The van der Waals surface area contributed by atoms with Gasteiger partial charge in [-0.05, 0) is 56.6 Å². The Bertz CT molecular complexity index is 408. The van der Waals surface area contributed by atoms with Gasteiger partial charge in [0.05, 0.1) is 11.7 Å². The molecular weight excluding hydrogens is 246 g/mol. The molecule has 0 radical (unpaired) electrons. The van der Waals surface area contributed by atoms with E-state index >= 15 is 0 Å². The fraction of sp³-hybridized carbons (Fsp3) is 0.824. The van der Waals surface area contributed by atoms with Crippen molar-refractivity contribution in [3.63, 3.8) is 0 Å². The number of rotatable bonds is 7. The Morgan fingerprint density at radius 3 is 2.80 bits per heavy atom.